The van der Waals surface area contributed by atoms with Gasteiger partial charge in [-0.3, -0.25) is 92.5 Å². The molecule has 1 atom stereocenters. The number of aryl methyl sites for hydroxylation is 6. The summed E-state index contributed by atoms with van der Waals surface area (Å²) in [5.41, 5.74) is 7.48. The second kappa shape index (κ2) is 36.7. The van der Waals surface area contributed by atoms with Gasteiger partial charge in [-0.15, -0.1) is 19.7 Å². The Morgan fingerprint density at radius 2 is 0.758 bits per heavy atom. The average molecular weight is 1700 g/mol. The first kappa shape index (κ1) is 89.8. The monoisotopic (exact) mass is 1700 g/mol. The van der Waals surface area contributed by atoms with Gasteiger partial charge in [0.2, 0.25) is 29.7 Å². The van der Waals surface area contributed by atoms with E-state index >= 15 is 0 Å². The molecule has 0 radical (unpaired) electrons. The van der Waals surface area contributed by atoms with Crippen molar-refractivity contribution in [2.75, 3.05) is 58.3 Å². The van der Waals surface area contributed by atoms with Crippen LogP contribution in [0.4, 0.5) is 29.7 Å². The number of imidazole rings is 5. The van der Waals surface area contributed by atoms with Crippen molar-refractivity contribution in [2.24, 2.45) is 72.6 Å². The van der Waals surface area contributed by atoms with Crippen LogP contribution in [0.25, 0.3) is 55.8 Å². The van der Waals surface area contributed by atoms with Crippen molar-refractivity contribution < 1.29 is 0 Å². The molecule has 0 fully saturated rings. The summed E-state index contributed by atoms with van der Waals surface area (Å²) in [5, 5.41) is 31.0. The van der Waals surface area contributed by atoms with E-state index in [0.29, 0.717) is 163 Å². The van der Waals surface area contributed by atoms with Crippen LogP contribution in [0.3, 0.4) is 0 Å². The number of fused-ring (bicyclic) bond motifs is 15. The molecule has 0 spiro atoms. The van der Waals surface area contributed by atoms with Crippen LogP contribution in [0.1, 0.15) is 146 Å². The van der Waals surface area contributed by atoms with E-state index in [9.17, 15) is 47.9 Å². The van der Waals surface area contributed by atoms with Gasteiger partial charge in [-0.1, -0.05) is 109 Å². The number of aromatic nitrogens is 20. The van der Waals surface area contributed by atoms with Crippen molar-refractivity contribution in [2.45, 2.75) is 200 Å². The highest BCUT2D eigenvalue weighted by Crippen LogP contribution is 2.32. The summed E-state index contributed by atoms with van der Waals surface area (Å²) in [6.07, 6.45) is 10.3. The smallest absolute Gasteiger partial charge is 0.297 e. The van der Waals surface area contributed by atoms with Gasteiger partial charge in [-0.05, 0) is 91.5 Å². The van der Waals surface area contributed by atoms with Crippen molar-refractivity contribution in [3.05, 3.63) is 178 Å². The highest BCUT2D eigenvalue weighted by molar-refractivity contribution is 5.93. The van der Waals surface area contributed by atoms with Crippen molar-refractivity contribution in [3.63, 3.8) is 0 Å². The summed E-state index contributed by atoms with van der Waals surface area (Å²) in [6, 6.07) is 7.70. The Hall–Kier alpha value is -13.5. The molecule has 0 aliphatic carbocycles. The molecular weight excluding hydrogens is 1590 g/mol. The maximum Gasteiger partial charge on any atom is 0.332 e. The molecule has 40 heteroatoms. The number of anilines is 5. The van der Waals surface area contributed by atoms with Gasteiger partial charge < -0.3 is 0 Å². The van der Waals surface area contributed by atoms with E-state index < -0.39 is 0 Å². The van der Waals surface area contributed by atoms with Crippen LogP contribution < -0.4 is 81.3 Å². The summed E-state index contributed by atoms with van der Waals surface area (Å²) in [7, 11) is 10.0. The largest absolute Gasteiger partial charge is 0.332 e. The van der Waals surface area contributed by atoms with Gasteiger partial charge >= 0.3 is 28.4 Å². The molecule has 124 heavy (non-hydrogen) atoms. The minimum Gasteiger partial charge on any atom is -0.297 e. The van der Waals surface area contributed by atoms with Crippen LogP contribution in [0.15, 0.2) is 136 Å². The number of benzene rings is 1. The average Bonchev–Trinajstić information content (AvgIpc) is 1.59. The standard InChI is InChI=1S/C18H20N6O2.C17H26N6O2.C17H24N6O2.2C16H22N6O2/c1-11-6-5-7-13(8-11)10-24-16(25)14-15(21(3)18(24)26)19-17-22(4)20-12(2)9-23(14)17;1-6-8-21-15(24)13-14(20(5)17(21)25)18-16-22(13)10-12(4)19-23(16)9-7-11(2)3;1-6-8-10-21-15(24)13-14(20(5)17(21)25)18-16-22(9-7-2)19-11(3)12(4)23(13)16;1-6-7-22-15-17-13-12(20(15)9-11(4)18-22)14(23)21(8-10(2)3)16(24)19(13)5;1-5-7-9-20-14(23)12-13(19(4)16(20)24)17-15-21(12)10-11(3)18-22(15)8-6-2/h5-8H,9-10H2,1-4H3;11H,6-10H2,1-5H3;7,12H,2,6,8-10H2,1,3-5H3;6,10H,1,7-9H2,2-5H3;6H,2,5,7-10H2,1,3-4H3. The fourth-order valence-corrected chi connectivity index (χ4v) is 15.7. The van der Waals surface area contributed by atoms with Crippen LogP contribution in [0, 0.1) is 18.8 Å². The highest BCUT2D eigenvalue weighted by atomic mass is 16.2. The van der Waals surface area contributed by atoms with Gasteiger partial charge in [-0.25, -0.2) is 49.0 Å². The molecule has 5 aliphatic heterocycles. The molecule has 1 aromatic carbocycles. The van der Waals surface area contributed by atoms with Gasteiger partial charge in [0.1, 0.15) is 0 Å². The van der Waals surface area contributed by atoms with Gasteiger partial charge in [0, 0.05) is 75.0 Å². The minimum absolute atomic E-state index is 0.106. The van der Waals surface area contributed by atoms with Gasteiger partial charge in [0.15, 0.2) is 55.8 Å². The summed E-state index contributed by atoms with van der Waals surface area (Å²) < 4.78 is 23.0. The molecule has 0 saturated heterocycles. The molecule has 0 N–H and O–H groups in total. The van der Waals surface area contributed by atoms with Crippen LogP contribution in [-0.2, 0) is 94.1 Å². The Kier molecular flexibility index (Phi) is 26.6. The van der Waals surface area contributed by atoms with E-state index in [0.717, 1.165) is 84.8 Å². The van der Waals surface area contributed by atoms with Gasteiger partial charge in [0.05, 0.1) is 87.0 Å². The highest BCUT2D eigenvalue weighted by Gasteiger charge is 2.34. The third-order valence-electron chi connectivity index (χ3n) is 21.9. The van der Waals surface area contributed by atoms with Crippen LogP contribution in [0.5, 0.6) is 0 Å². The summed E-state index contributed by atoms with van der Waals surface area (Å²) in [5.74, 6) is 3.63. The number of rotatable bonds is 21. The maximum atomic E-state index is 13.2. The molecule has 1 unspecified atom stereocenters. The lowest BCUT2D eigenvalue weighted by Crippen LogP contribution is -2.41. The number of hydrazone groups is 5. The zero-order chi connectivity index (χ0) is 90.2. The normalized spacial score (nSPS) is 14.6. The lowest BCUT2D eigenvalue weighted by atomic mass is 10.1. The Morgan fingerprint density at radius 3 is 1.18 bits per heavy atom. The topological polar surface area (TPSA) is 387 Å². The van der Waals surface area contributed by atoms with E-state index in [-0.39, 0.29) is 74.7 Å². The number of nitrogens with zero attached hydrogens (tertiary/aromatic N) is 30. The van der Waals surface area contributed by atoms with Crippen molar-refractivity contribution in [3.8, 4) is 0 Å². The SMILES string of the molecule is C=CCN1N=C(C)C(C)n2c1nc1c2c(=O)n(CCCC)c(=O)n1C.C=CCN1N=C(C)Cn2c1nc1c2c(=O)n(CC(C)C)c(=O)n1C.C=CCN1N=C(C)Cn2c1nc1c2c(=O)n(CCCC)c(=O)n1C.CC1=NN(C)c2nc3c(c(=O)n(Cc4cccc(C)c4)c(=O)n3C)n2C1.CCCn1c(=O)c2c(nc3n2CC(C)=NN3CCC(C)C)n(C)c1=O. The van der Waals surface area contributed by atoms with Gasteiger partial charge in [-0.2, -0.15) is 50.4 Å². The second-order valence-corrected chi connectivity index (χ2v) is 32.8. The first-order valence-corrected chi connectivity index (χ1v) is 41.9. The number of hydrogen-bond donors (Lipinski definition) is 0. The third kappa shape index (κ3) is 16.8. The second-order valence-electron chi connectivity index (χ2n) is 32.8. The summed E-state index contributed by atoms with van der Waals surface area (Å²) >= 11 is 0. The third-order valence-corrected chi connectivity index (χ3v) is 21.9. The molecule has 11 aromatic rings. The Morgan fingerprint density at radius 1 is 0.403 bits per heavy atom. The molecular formula is C84H114N30O10. The molecule has 0 saturated carbocycles. The van der Waals surface area contributed by atoms with Crippen LogP contribution in [0.2, 0.25) is 0 Å². The Balaban J connectivity index is 0.000000141. The van der Waals surface area contributed by atoms with Crippen molar-refractivity contribution in [1.82, 2.24) is 93.4 Å². The predicted octanol–water partition coefficient (Wildman–Crippen LogP) is 6.28. The van der Waals surface area contributed by atoms with Crippen LogP contribution >= 0.6 is 0 Å². The fourth-order valence-electron chi connectivity index (χ4n) is 15.7. The van der Waals surface area contributed by atoms with E-state index in [1.807, 2.05) is 135 Å². The minimum atomic E-state index is -0.375. The molecule has 40 nitrogen and oxygen atoms in total. The lowest BCUT2D eigenvalue weighted by molar-refractivity contribution is 0.484. The van der Waals surface area contributed by atoms with Gasteiger partial charge in [0.25, 0.3) is 27.8 Å². The first-order valence-electron chi connectivity index (χ1n) is 41.9. The van der Waals surface area contributed by atoms with E-state index in [4.69, 9.17) is 0 Å². The first-order chi connectivity index (χ1) is 59.0. The zero-order valence-electron chi connectivity index (χ0n) is 74.8. The molecule has 0 bridgehead atoms. The number of hydrogen-bond acceptors (Lipinski definition) is 25. The Labute approximate surface area is 713 Å². The molecule has 15 heterocycles. The van der Waals surface area contributed by atoms with Crippen molar-refractivity contribution >= 4 is 114 Å². The van der Waals surface area contributed by atoms with E-state index in [1.54, 1.807) is 80.5 Å². The summed E-state index contributed by atoms with van der Waals surface area (Å²) in [6.45, 7) is 45.1. The van der Waals surface area contributed by atoms with Crippen LogP contribution in [-0.4, -0.2) is 155 Å². The fraction of sp³-hybridized carbons (Fsp3) is 0.500. The van der Waals surface area contributed by atoms with Crippen molar-refractivity contribution in [1.29, 1.82) is 0 Å². The molecule has 10 aromatic heterocycles. The zero-order valence-corrected chi connectivity index (χ0v) is 74.8. The molecule has 5 aliphatic rings. The molecule has 16 rings (SSSR count). The quantitative estimate of drug-likeness (QED) is 0.0714. The molecule has 660 valence electrons. The predicted molar refractivity (Wildman–Crippen MR) is 489 cm³/mol. The van der Waals surface area contributed by atoms with E-state index in [1.165, 1.54) is 45.7 Å². The Bertz CT molecular complexity index is 6910. The lowest BCUT2D eigenvalue weighted by Gasteiger charge is -2.28. The number of unbranched alkanes of at least 4 members (excludes halogenated alkanes) is 2. The molecule has 0 amide bonds. The van der Waals surface area contributed by atoms with E-state index in [2.05, 4.69) is 84.0 Å². The summed E-state index contributed by atoms with van der Waals surface area (Å²) in [4.78, 5) is 151. The maximum absolute atomic E-state index is 13.2.